The van der Waals surface area contributed by atoms with E-state index in [4.69, 9.17) is 9.84 Å². The van der Waals surface area contributed by atoms with Gasteiger partial charge in [0, 0.05) is 43.8 Å². The molecule has 2 aromatic rings. The summed E-state index contributed by atoms with van der Waals surface area (Å²) in [5, 5.41) is 44.3. The number of hydrogen-bond donors (Lipinski definition) is 3. The Morgan fingerprint density at radius 1 is 1.16 bits per heavy atom. The van der Waals surface area contributed by atoms with Gasteiger partial charge < -0.3 is 20.5 Å². The molecule has 0 fully saturated rings. The van der Waals surface area contributed by atoms with E-state index < -0.39 is 15.8 Å². The van der Waals surface area contributed by atoms with Crippen LogP contribution in [0.25, 0.3) is 0 Å². The molecule has 3 N–H and O–H groups in total. The zero-order valence-corrected chi connectivity index (χ0v) is 21.2. The van der Waals surface area contributed by atoms with Gasteiger partial charge in [0.2, 0.25) is 0 Å². The van der Waals surface area contributed by atoms with E-state index in [2.05, 4.69) is 20.9 Å². The topological polar surface area (TPSA) is 205 Å². The fourth-order valence-electron chi connectivity index (χ4n) is 3.57. The molecule has 0 radical (unpaired) electrons. The lowest BCUT2D eigenvalue weighted by Crippen LogP contribution is -2.41. The quantitative estimate of drug-likeness (QED) is 0.144. The van der Waals surface area contributed by atoms with Crippen molar-refractivity contribution in [3.8, 4) is 0 Å². The molecule has 0 unspecified atom stereocenters. The van der Waals surface area contributed by atoms with Crippen molar-refractivity contribution in [3.63, 3.8) is 0 Å². The van der Waals surface area contributed by atoms with Crippen molar-refractivity contribution < 1.29 is 29.3 Å². The van der Waals surface area contributed by atoms with Crippen LogP contribution in [0.15, 0.2) is 24.4 Å². The first-order valence-electron chi connectivity index (χ1n) is 12.3. The van der Waals surface area contributed by atoms with Crippen molar-refractivity contribution in [2.75, 3.05) is 13.2 Å². The van der Waals surface area contributed by atoms with Gasteiger partial charge in [-0.3, -0.25) is 29.7 Å². The number of nitro groups is 2. The molecule has 0 saturated carbocycles. The Labute approximate surface area is 218 Å². The predicted octanol–water partition coefficient (Wildman–Crippen LogP) is 2.97. The standard InChI is InChI=1S/C23H33N7O8/c1-17(7-10-22(31)32)25-23(33)24-11-3-2-4-12-28-15-19(26-27-28)16-38-13-5-6-18-8-9-20(29(34)35)14-21(18)30(36)37/h8-9,14-15,17H,2-7,10-13,16H2,1H3,(H,31,32)(H2,24,25,33)/t17-/m1/s1. The van der Waals surface area contributed by atoms with Gasteiger partial charge in [0.25, 0.3) is 11.4 Å². The molecule has 0 aliphatic rings. The largest absolute Gasteiger partial charge is 0.481 e. The lowest BCUT2D eigenvalue weighted by molar-refractivity contribution is -0.394. The Bertz CT molecular complexity index is 1090. The van der Waals surface area contributed by atoms with Crippen molar-refractivity contribution in [2.45, 2.75) is 71.1 Å². The monoisotopic (exact) mass is 535 g/mol. The minimum absolute atomic E-state index is 0.00854. The van der Waals surface area contributed by atoms with Crippen LogP contribution in [0.5, 0.6) is 0 Å². The van der Waals surface area contributed by atoms with E-state index in [0.29, 0.717) is 50.2 Å². The molecule has 2 rings (SSSR count). The Morgan fingerprint density at radius 3 is 2.66 bits per heavy atom. The Morgan fingerprint density at radius 2 is 1.95 bits per heavy atom. The summed E-state index contributed by atoms with van der Waals surface area (Å²) in [6.45, 7) is 3.51. The molecule has 0 saturated heterocycles. The smallest absolute Gasteiger partial charge is 0.314 e. The summed E-state index contributed by atoms with van der Waals surface area (Å²) in [7, 11) is 0. The molecule has 0 bridgehead atoms. The number of non-ortho nitro benzene ring substituents is 1. The number of benzene rings is 1. The number of hydrogen-bond acceptors (Lipinski definition) is 9. The van der Waals surface area contributed by atoms with Gasteiger partial charge in [0.05, 0.1) is 28.7 Å². The third kappa shape index (κ3) is 11.3. The molecule has 0 aliphatic carbocycles. The minimum Gasteiger partial charge on any atom is -0.481 e. The van der Waals surface area contributed by atoms with Crippen molar-refractivity contribution in [1.29, 1.82) is 0 Å². The Hall–Kier alpha value is -4.14. The third-order valence-electron chi connectivity index (χ3n) is 5.57. The number of unbranched alkanes of at least 4 members (excludes halogenated alkanes) is 2. The maximum Gasteiger partial charge on any atom is 0.314 e. The number of amides is 2. The summed E-state index contributed by atoms with van der Waals surface area (Å²) in [4.78, 5) is 43.1. The molecule has 1 aromatic heterocycles. The fourth-order valence-corrected chi connectivity index (χ4v) is 3.57. The summed E-state index contributed by atoms with van der Waals surface area (Å²) in [6, 6.07) is 3.10. The molecule has 15 heteroatoms. The Balaban J connectivity index is 1.57. The van der Waals surface area contributed by atoms with Gasteiger partial charge >= 0.3 is 12.0 Å². The van der Waals surface area contributed by atoms with Gasteiger partial charge in [-0.15, -0.1) is 5.10 Å². The number of aromatic nitrogens is 3. The number of urea groups is 1. The number of carboxylic acid groups (broad SMARTS) is 1. The van der Waals surface area contributed by atoms with Crippen LogP contribution in [0, 0.1) is 20.2 Å². The maximum absolute atomic E-state index is 11.8. The molecule has 1 heterocycles. The number of ether oxygens (including phenoxy) is 1. The fraction of sp³-hybridized carbons (Fsp3) is 0.565. The van der Waals surface area contributed by atoms with E-state index in [9.17, 15) is 29.8 Å². The van der Waals surface area contributed by atoms with Crippen LogP contribution in [-0.2, 0) is 29.1 Å². The van der Waals surface area contributed by atoms with Gasteiger partial charge in [0.1, 0.15) is 5.69 Å². The van der Waals surface area contributed by atoms with E-state index in [-0.39, 0.29) is 36.5 Å². The van der Waals surface area contributed by atoms with Crippen LogP contribution in [0.1, 0.15) is 56.7 Å². The molecule has 2 amide bonds. The number of rotatable bonds is 18. The molecular formula is C23H33N7O8. The first kappa shape index (κ1) is 30.1. The second kappa shape index (κ2) is 15.9. The van der Waals surface area contributed by atoms with Crippen LogP contribution < -0.4 is 10.6 Å². The van der Waals surface area contributed by atoms with E-state index in [1.54, 1.807) is 17.8 Å². The third-order valence-corrected chi connectivity index (χ3v) is 5.57. The summed E-state index contributed by atoms with van der Waals surface area (Å²) in [5.74, 6) is -0.891. The first-order chi connectivity index (χ1) is 18.2. The van der Waals surface area contributed by atoms with Crippen LogP contribution in [0.3, 0.4) is 0 Å². The zero-order valence-electron chi connectivity index (χ0n) is 21.2. The highest BCUT2D eigenvalue weighted by Crippen LogP contribution is 2.25. The van der Waals surface area contributed by atoms with Crippen LogP contribution in [0.2, 0.25) is 0 Å². The molecular weight excluding hydrogens is 502 g/mol. The van der Waals surface area contributed by atoms with Crippen molar-refractivity contribution in [2.24, 2.45) is 0 Å². The van der Waals surface area contributed by atoms with E-state index in [0.717, 1.165) is 25.3 Å². The average molecular weight is 536 g/mol. The minimum atomic E-state index is -0.891. The van der Waals surface area contributed by atoms with Crippen LogP contribution >= 0.6 is 0 Å². The molecule has 15 nitrogen and oxygen atoms in total. The Kier molecular flexibility index (Phi) is 12.6. The number of aliphatic carboxylic acids is 1. The average Bonchev–Trinajstić information content (AvgIpc) is 3.32. The summed E-state index contributed by atoms with van der Waals surface area (Å²) in [6.07, 6.45) is 5.52. The van der Waals surface area contributed by atoms with Gasteiger partial charge in [-0.2, -0.15) is 0 Å². The number of nitrogens with one attached hydrogen (secondary N) is 2. The number of carbonyl (C=O) groups is 2. The van der Waals surface area contributed by atoms with Crippen LogP contribution in [0.4, 0.5) is 16.2 Å². The highest BCUT2D eigenvalue weighted by atomic mass is 16.6. The molecule has 208 valence electrons. The number of carbonyl (C=O) groups excluding carboxylic acids is 1. The SMILES string of the molecule is C[C@H](CCC(=O)O)NC(=O)NCCCCCn1cc(COCCCc2ccc([N+](=O)[O-])cc2[N+](=O)[O-])nn1. The molecule has 1 atom stereocenters. The van der Waals surface area contributed by atoms with Gasteiger partial charge in [-0.1, -0.05) is 5.21 Å². The first-order valence-corrected chi connectivity index (χ1v) is 12.3. The molecule has 0 aliphatic heterocycles. The highest BCUT2D eigenvalue weighted by Gasteiger charge is 2.19. The second-order valence-corrected chi connectivity index (χ2v) is 8.75. The lowest BCUT2D eigenvalue weighted by atomic mass is 10.1. The predicted molar refractivity (Wildman–Crippen MR) is 134 cm³/mol. The number of nitrogens with zero attached hydrogens (tertiary/aromatic N) is 5. The number of aryl methyl sites for hydroxylation is 2. The van der Waals surface area contributed by atoms with Gasteiger partial charge in [0.15, 0.2) is 0 Å². The van der Waals surface area contributed by atoms with E-state index >= 15 is 0 Å². The molecule has 0 spiro atoms. The molecule has 1 aromatic carbocycles. The van der Waals surface area contributed by atoms with E-state index in [1.165, 1.54) is 12.1 Å². The summed E-state index contributed by atoms with van der Waals surface area (Å²) < 4.78 is 7.29. The number of carboxylic acids is 1. The second-order valence-electron chi connectivity index (χ2n) is 8.75. The molecule has 38 heavy (non-hydrogen) atoms. The maximum atomic E-state index is 11.8. The summed E-state index contributed by atoms with van der Waals surface area (Å²) in [5.41, 5.74) is 0.474. The van der Waals surface area contributed by atoms with Crippen LogP contribution in [-0.4, -0.2) is 61.1 Å². The zero-order chi connectivity index (χ0) is 27.9. The van der Waals surface area contributed by atoms with Crippen molar-refractivity contribution >= 4 is 23.4 Å². The van der Waals surface area contributed by atoms with Crippen molar-refractivity contribution in [1.82, 2.24) is 25.6 Å². The van der Waals surface area contributed by atoms with Gasteiger partial charge in [-0.05, 0) is 51.5 Å². The number of nitro benzene ring substituents is 2. The summed E-state index contributed by atoms with van der Waals surface area (Å²) >= 11 is 0. The van der Waals surface area contributed by atoms with E-state index in [1.807, 2.05) is 0 Å². The van der Waals surface area contributed by atoms with Gasteiger partial charge in [-0.25, -0.2) is 4.79 Å². The highest BCUT2D eigenvalue weighted by molar-refractivity contribution is 5.74. The normalized spacial score (nSPS) is 11.6. The lowest BCUT2D eigenvalue weighted by Gasteiger charge is -2.13. The van der Waals surface area contributed by atoms with Crippen molar-refractivity contribution in [3.05, 3.63) is 55.9 Å².